The van der Waals surface area contributed by atoms with Crippen LogP contribution < -0.4 is 11.1 Å². The van der Waals surface area contributed by atoms with Gasteiger partial charge in [-0.25, -0.2) is 9.37 Å². The molecule has 0 fully saturated rings. The molecular formula is C20H14ClFN4O2S. The number of primary amides is 1. The fourth-order valence-corrected chi connectivity index (χ4v) is 3.85. The highest BCUT2D eigenvalue weighted by atomic mass is 35.5. The number of aromatic nitrogens is 2. The van der Waals surface area contributed by atoms with Crippen LogP contribution in [0.3, 0.4) is 0 Å². The van der Waals surface area contributed by atoms with Crippen molar-refractivity contribution in [1.82, 2.24) is 14.7 Å². The number of rotatable bonds is 5. The molecule has 0 unspecified atom stereocenters. The van der Waals surface area contributed by atoms with E-state index in [-0.39, 0.29) is 22.8 Å². The summed E-state index contributed by atoms with van der Waals surface area (Å²) in [5.74, 6) is -1.56. The van der Waals surface area contributed by atoms with Crippen LogP contribution >= 0.6 is 22.9 Å². The Balaban J connectivity index is 1.70. The van der Waals surface area contributed by atoms with E-state index >= 15 is 0 Å². The van der Waals surface area contributed by atoms with Crippen molar-refractivity contribution in [3.05, 3.63) is 81.0 Å². The fraction of sp³-hybridized carbons (Fsp3) is 0.0500. The molecule has 0 saturated carbocycles. The molecule has 0 spiro atoms. The zero-order valence-corrected chi connectivity index (χ0v) is 16.4. The second-order valence-corrected chi connectivity index (χ2v) is 7.42. The molecule has 6 nitrogen and oxygen atoms in total. The molecule has 146 valence electrons. The molecule has 0 aliphatic carbocycles. The van der Waals surface area contributed by atoms with E-state index in [0.29, 0.717) is 16.9 Å². The first-order valence-electron chi connectivity index (χ1n) is 8.51. The Morgan fingerprint density at radius 2 is 2.10 bits per heavy atom. The average molecular weight is 429 g/mol. The van der Waals surface area contributed by atoms with Gasteiger partial charge in [0, 0.05) is 23.7 Å². The van der Waals surface area contributed by atoms with E-state index in [1.165, 1.54) is 33.9 Å². The predicted octanol–water partition coefficient (Wildman–Crippen LogP) is 3.88. The molecule has 2 amide bonds. The maximum Gasteiger partial charge on any atom is 0.268 e. The SMILES string of the molecule is NC(=O)c1c(-c2ccsc2)nc2c(C(=O)NCc3ccc(F)c(Cl)c3)cccn12. The molecule has 0 saturated heterocycles. The molecule has 3 N–H and O–H groups in total. The topological polar surface area (TPSA) is 89.5 Å². The van der Waals surface area contributed by atoms with Crippen LogP contribution in [0.5, 0.6) is 0 Å². The lowest BCUT2D eigenvalue weighted by atomic mass is 10.2. The summed E-state index contributed by atoms with van der Waals surface area (Å²) in [6.07, 6.45) is 1.63. The molecule has 3 aromatic heterocycles. The summed E-state index contributed by atoms with van der Waals surface area (Å²) in [4.78, 5) is 29.4. The molecule has 0 atom stereocenters. The number of benzene rings is 1. The van der Waals surface area contributed by atoms with Crippen molar-refractivity contribution in [2.24, 2.45) is 5.73 Å². The second-order valence-electron chi connectivity index (χ2n) is 6.23. The number of hydrogen-bond donors (Lipinski definition) is 2. The first-order valence-corrected chi connectivity index (χ1v) is 9.83. The summed E-state index contributed by atoms with van der Waals surface area (Å²) in [6.45, 7) is 0.153. The number of nitrogens with zero attached hydrogens (tertiary/aromatic N) is 2. The largest absolute Gasteiger partial charge is 0.364 e. The number of thiophene rings is 1. The van der Waals surface area contributed by atoms with E-state index in [1.807, 2.05) is 16.8 Å². The molecule has 1 aromatic carbocycles. The van der Waals surface area contributed by atoms with Gasteiger partial charge < -0.3 is 11.1 Å². The standard InChI is InChI=1S/C20H14ClFN4O2S/c21-14-8-11(3-4-15(14)22)9-24-20(28)13-2-1-6-26-17(18(23)27)16(25-19(13)26)12-5-7-29-10-12/h1-8,10H,9H2,(H2,23,27)(H,24,28). The van der Waals surface area contributed by atoms with Gasteiger partial charge in [0.2, 0.25) is 0 Å². The number of carbonyl (C=O) groups excluding carboxylic acids is 2. The van der Waals surface area contributed by atoms with Crippen molar-refractivity contribution in [2.75, 3.05) is 0 Å². The Morgan fingerprint density at radius 1 is 1.28 bits per heavy atom. The second kappa shape index (κ2) is 7.65. The lowest BCUT2D eigenvalue weighted by molar-refractivity contribution is 0.0949. The highest BCUT2D eigenvalue weighted by Crippen LogP contribution is 2.27. The maximum absolute atomic E-state index is 13.3. The van der Waals surface area contributed by atoms with Crippen molar-refractivity contribution in [3.63, 3.8) is 0 Å². The van der Waals surface area contributed by atoms with Crippen molar-refractivity contribution in [1.29, 1.82) is 0 Å². The van der Waals surface area contributed by atoms with Crippen LogP contribution in [0.15, 0.2) is 53.4 Å². The summed E-state index contributed by atoms with van der Waals surface area (Å²) in [5, 5.41) is 6.46. The van der Waals surface area contributed by atoms with Gasteiger partial charge in [-0.1, -0.05) is 17.7 Å². The zero-order valence-electron chi connectivity index (χ0n) is 14.9. The Labute approximate surface area is 173 Å². The number of fused-ring (bicyclic) bond motifs is 1. The van der Waals surface area contributed by atoms with Crippen LogP contribution in [0.1, 0.15) is 26.4 Å². The molecule has 4 rings (SSSR count). The summed E-state index contributed by atoms with van der Waals surface area (Å²) in [6, 6.07) is 9.31. The third-order valence-corrected chi connectivity index (χ3v) is 5.33. The minimum atomic E-state index is -0.641. The predicted molar refractivity (Wildman–Crippen MR) is 110 cm³/mol. The number of halogens is 2. The molecule has 9 heteroatoms. The molecule has 29 heavy (non-hydrogen) atoms. The highest BCUT2D eigenvalue weighted by molar-refractivity contribution is 7.08. The van der Waals surface area contributed by atoms with Gasteiger partial charge in [0.05, 0.1) is 10.6 Å². The average Bonchev–Trinajstić information content (AvgIpc) is 3.35. The number of amides is 2. The number of carbonyl (C=O) groups is 2. The number of nitrogens with one attached hydrogen (secondary N) is 1. The van der Waals surface area contributed by atoms with Crippen molar-refractivity contribution < 1.29 is 14.0 Å². The minimum absolute atomic E-state index is 0.0152. The normalized spacial score (nSPS) is 11.0. The van der Waals surface area contributed by atoms with Gasteiger partial charge in [0.1, 0.15) is 17.2 Å². The van der Waals surface area contributed by atoms with Crippen molar-refractivity contribution >= 4 is 40.4 Å². The molecular weight excluding hydrogens is 415 g/mol. The van der Waals surface area contributed by atoms with Crippen molar-refractivity contribution in [2.45, 2.75) is 6.54 Å². The van der Waals surface area contributed by atoms with E-state index in [1.54, 1.807) is 18.3 Å². The lowest BCUT2D eigenvalue weighted by Gasteiger charge is -2.07. The summed E-state index contributed by atoms with van der Waals surface area (Å²) >= 11 is 7.24. The Morgan fingerprint density at radius 3 is 2.79 bits per heavy atom. The number of pyridine rings is 1. The highest BCUT2D eigenvalue weighted by Gasteiger charge is 2.22. The van der Waals surface area contributed by atoms with E-state index in [9.17, 15) is 14.0 Å². The Bertz CT molecular complexity index is 1240. The van der Waals surface area contributed by atoms with E-state index in [0.717, 1.165) is 5.56 Å². The molecule has 0 aliphatic heterocycles. The van der Waals surface area contributed by atoms with E-state index in [2.05, 4.69) is 10.3 Å². The first-order chi connectivity index (χ1) is 14.0. The third kappa shape index (κ3) is 3.59. The smallest absolute Gasteiger partial charge is 0.268 e. The third-order valence-electron chi connectivity index (χ3n) is 4.36. The van der Waals surface area contributed by atoms with Gasteiger partial charge in [0.15, 0.2) is 5.65 Å². The number of hydrogen-bond acceptors (Lipinski definition) is 4. The van der Waals surface area contributed by atoms with Crippen LogP contribution in [0.2, 0.25) is 5.02 Å². The molecule has 0 aliphatic rings. The zero-order chi connectivity index (χ0) is 20.5. The van der Waals surface area contributed by atoms with Crippen molar-refractivity contribution in [3.8, 4) is 11.3 Å². The van der Waals surface area contributed by atoms with Gasteiger partial charge in [-0.05, 0) is 41.3 Å². The fourth-order valence-electron chi connectivity index (χ4n) is 3.01. The molecule has 0 radical (unpaired) electrons. The van der Waals surface area contributed by atoms with Crippen LogP contribution in [0.25, 0.3) is 16.9 Å². The molecule has 3 heterocycles. The summed E-state index contributed by atoms with van der Waals surface area (Å²) < 4.78 is 14.8. The van der Waals surface area contributed by atoms with Gasteiger partial charge in [-0.3, -0.25) is 14.0 Å². The molecule has 4 aromatic rings. The summed E-state index contributed by atoms with van der Waals surface area (Å²) in [7, 11) is 0. The monoisotopic (exact) mass is 428 g/mol. The maximum atomic E-state index is 13.3. The first kappa shape index (κ1) is 19.1. The number of imidazole rings is 1. The van der Waals surface area contributed by atoms with Gasteiger partial charge >= 0.3 is 0 Å². The van der Waals surface area contributed by atoms with Crippen LogP contribution in [-0.2, 0) is 6.54 Å². The summed E-state index contributed by atoms with van der Waals surface area (Å²) in [5.41, 5.74) is 8.20. The quantitative estimate of drug-likeness (QED) is 0.505. The van der Waals surface area contributed by atoms with E-state index in [4.69, 9.17) is 17.3 Å². The Kier molecular flexibility index (Phi) is 5.04. The molecule has 0 bridgehead atoms. The Hall–Kier alpha value is -3.23. The van der Waals surface area contributed by atoms with Crippen LogP contribution in [-0.4, -0.2) is 21.2 Å². The van der Waals surface area contributed by atoms with Crippen LogP contribution in [0.4, 0.5) is 4.39 Å². The van der Waals surface area contributed by atoms with Gasteiger partial charge in [0.25, 0.3) is 11.8 Å². The minimum Gasteiger partial charge on any atom is -0.364 e. The van der Waals surface area contributed by atoms with Gasteiger partial charge in [-0.15, -0.1) is 0 Å². The van der Waals surface area contributed by atoms with Crippen LogP contribution in [0, 0.1) is 5.82 Å². The van der Waals surface area contributed by atoms with E-state index < -0.39 is 17.6 Å². The van der Waals surface area contributed by atoms with Gasteiger partial charge in [-0.2, -0.15) is 11.3 Å². The lowest BCUT2D eigenvalue weighted by Crippen LogP contribution is -2.23. The number of nitrogens with two attached hydrogens (primary N) is 1.